The third-order valence-corrected chi connectivity index (χ3v) is 6.63. The molecule has 0 fully saturated rings. The maximum Gasteiger partial charge on any atom is 0.260 e. The highest BCUT2D eigenvalue weighted by Gasteiger charge is 2.18. The summed E-state index contributed by atoms with van der Waals surface area (Å²) in [6.07, 6.45) is 3.82. The smallest absolute Gasteiger partial charge is 0.260 e. The van der Waals surface area contributed by atoms with E-state index in [-0.39, 0.29) is 17.0 Å². The molecule has 0 radical (unpaired) electrons. The Bertz CT molecular complexity index is 1780. The number of carbonyl (C=O) groups excluding carboxylic acids is 2. The quantitative estimate of drug-likeness (QED) is 0.0673. The summed E-state index contributed by atoms with van der Waals surface area (Å²) in [6.45, 7) is 1.63. The van der Waals surface area contributed by atoms with E-state index in [1.165, 1.54) is 12.1 Å². The Labute approximate surface area is 241 Å². The molecule has 0 unspecified atom stereocenters. The lowest BCUT2D eigenvalue weighted by atomic mass is 10.1. The minimum absolute atomic E-state index is 0.0481. The predicted molar refractivity (Wildman–Crippen MR) is 159 cm³/mol. The molecule has 5 aromatic rings. The second-order valence-electron chi connectivity index (χ2n) is 9.31. The first-order chi connectivity index (χ1) is 20.4. The molecule has 0 atom stereocenters. The zero-order valence-electron chi connectivity index (χ0n) is 23.2. The van der Waals surface area contributed by atoms with E-state index in [9.17, 15) is 9.59 Å². The van der Waals surface area contributed by atoms with E-state index >= 15 is 4.39 Å². The SMILES string of the molecule is COc1cccc(-c2ccn3nccc(Oc4ccc(NC(=O)/C(C=O)=C(\C)N(C)Nc5ccccc5)cc4F)c23)c1. The van der Waals surface area contributed by atoms with Crippen molar-refractivity contribution in [3.8, 4) is 28.4 Å². The van der Waals surface area contributed by atoms with Crippen molar-refractivity contribution in [2.75, 3.05) is 24.9 Å². The number of amides is 1. The van der Waals surface area contributed by atoms with Crippen LogP contribution in [0.15, 0.2) is 109 Å². The number of nitrogens with zero attached hydrogens (tertiary/aromatic N) is 3. The summed E-state index contributed by atoms with van der Waals surface area (Å²) in [7, 11) is 3.28. The highest BCUT2D eigenvalue weighted by molar-refractivity contribution is 6.17. The molecule has 1 amide bonds. The third-order valence-electron chi connectivity index (χ3n) is 6.63. The number of ether oxygens (including phenoxy) is 2. The van der Waals surface area contributed by atoms with Crippen LogP contribution in [-0.4, -0.2) is 41.0 Å². The van der Waals surface area contributed by atoms with Crippen LogP contribution in [0.3, 0.4) is 0 Å². The maximum atomic E-state index is 15.2. The Morgan fingerprint density at radius 2 is 1.79 bits per heavy atom. The fraction of sp³-hybridized carbons (Fsp3) is 0.0938. The lowest BCUT2D eigenvalue weighted by Gasteiger charge is -2.23. The van der Waals surface area contributed by atoms with Gasteiger partial charge in [0.15, 0.2) is 23.6 Å². The van der Waals surface area contributed by atoms with E-state index in [2.05, 4.69) is 15.8 Å². The Balaban J connectivity index is 1.36. The standard InChI is InChI=1S/C32H28FN5O4/c1-21(37(2)36-23-9-5-4-6-10-23)27(20-39)32(40)35-24-12-13-29(28(33)19-24)42-30-14-16-34-38-17-15-26(31(30)38)22-8-7-11-25(18-22)41-3/h4-20,36H,1-3H3,(H,35,40)/b27-21+. The first kappa shape index (κ1) is 27.9. The van der Waals surface area contributed by atoms with Crippen LogP contribution in [0.4, 0.5) is 15.8 Å². The van der Waals surface area contributed by atoms with E-state index in [4.69, 9.17) is 9.47 Å². The van der Waals surface area contributed by atoms with Crippen molar-refractivity contribution in [3.05, 3.63) is 114 Å². The van der Waals surface area contributed by atoms with Crippen molar-refractivity contribution in [2.24, 2.45) is 0 Å². The third kappa shape index (κ3) is 5.92. The number of hydrogen-bond acceptors (Lipinski definition) is 7. The van der Waals surface area contributed by atoms with Crippen molar-refractivity contribution in [2.45, 2.75) is 6.92 Å². The molecular weight excluding hydrogens is 537 g/mol. The number of methoxy groups -OCH3 is 1. The number of allylic oxidation sites excluding steroid dienone is 1. The molecule has 0 aliphatic heterocycles. The summed E-state index contributed by atoms with van der Waals surface area (Å²) in [5.74, 6) is -0.339. The number of benzene rings is 3. The lowest BCUT2D eigenvalue weighted by Crippen LogP contribution is -2.28. The van der Waals surface area contributed by atoms with E-state index in [0.717, 1.165) is 22.9 Å². The molecule has 2 N–H and O–H groups in total. The molecule has 2 heterocycles. The molecule has 5 rings (SSSR count). The number of fused-ring (bicyclic) bond motifs is 1. The van der Waals surface area contributed by atoms with Crippen LogP contribution in [0.25, 0.3) is 16.6 Å². The molecule has 3 aromatic carbocycles. The summed E-state index contributed by atoms with van der Waals surface area (Å²) in [6, 6.07) is 24.5. The molecule has 2 aromatic heterocycles. The van der Waals surface area contributed by atoms with Gasteiger partial charge in [0.05, 0.1) is 19.0 Å². The molecule has 0 spiro atoms. The maximum absolute atomic E-state index is 15.2. The van der Waals surface area contributed by atoms with Gasteiger partial charge in [-0.2, -0.15) is 5.10 Å². The van der Waals surface area contributed by atoms with Crippen LogP contribution >= 0.6 is 0 Å². The van der Waals surface area contributed by atoms with Crippen LogP contribution in [-0.2, 0) is 9.59 Å². The Kier molecular flexibility index (Phi) is 8.14. The molecule has 0 aliphatic carbocycles. The van der Waals surface area contributed by atoms with Gasteiger partial charge in [-0.1, -0.05) is 30.3 Å². The number of anilines is 2. The first-order valence-corrected chi connectivity index (χ1v) is 13.0. The summed E-state index contributed by atoms with van der Waals surface area (Å²) in [4.78, 5) is 24.8. The van der Waals surface area contributed by atoms with Crippen molar-refractivity contribution < 1.29 is 23.5 Å². The van der Waals surface area contributed by atoms with Crippen LogP contribution in [0, 0.1) is 5.82 Å². The number of para-hydroxylation sites is 1. The van der Waals surface area contributed by atoms with Gasteiger partial charge in [-0.3, -0.25) is 20.0 Å². The summed E-state index contributed by atoms with van der Waals surface area (Å²) in [5.41, 5.74) is 6.67. The largest absolute Gasteiger partial charge is 0.497 e. The summed E-state index contributed by atoms with van der Waals surface area (Å²) in [5, 5.41) is 8.49. The van der Waals surface area contributed by atoms with Crippen molar-refractivity contribution in [1.29, 1.82) is 0 Å². The molecule has 42 heavy (non-hydrogen) atoms. The summed E-state index contributed by atoms with van der Waals surface area (Å²) < 4.78 is 28.2. The molecule has 10 heteroatoms. The predicted octanol–water partition coefficient (Wildman–Crippen LogP) is 6.31. The highest BCUT2D eigenvalue weighted by Crippen LogP contribution is 2.36. The number of hydrogen-bond donors (Lipinski definition) is 2. The fourth-order valence-corrected chi connectivity index (χ4v) is 4.37. The Morgan fingerprint density at radius 1 is 0.976 bits per heavy atom. The van der Waals surface area contributed by atoms with Gasteiger partial charge in [0.1, 0.15) is 16.8 Å². The summed E-state index contributed by atoms with van der Waals surface area (Å²) >= 11 is 0. The normalized spacial score (nSPS) is 11.4. The number of aromatic nitrogens is 2. The van der Waals surface area contributed by atoms with Gasteiger partial charge in [-0.05, 0) is 55.0 Å². The van der Waals surface area contributed by atoms with Crippen LogP contribution in [0.5, 0.6) is 17.2 Å². The number of carbonyl (C=O) groups is 2. The lowest BCUT2D eigenvalue weighted by molar-refractivity contribution is -0.115. The topological polar surface area (TPSA) is 97.2 Å². The minimum Gasteiger partial charge on any atom is -0.497 e. The first-order valence-electron chi connectivity index (χ1n) is 13.0. The van der Waals surface area contributed by atoms with E-state index in [1.807, 2.05) is 60.7 Å². The second-order valence-corrected chi connectivity index (χ2v) is 9.31. The van der Waals surface area contributed by atoms with Crippen molar-refractivity contribution in [1.82, 2.24) is 14.6 Å². The van der Waals surface area contributed by atoms with Crippen LogP contribution in [0.1, 0.15) is 6.92 Å². The number of nitrogens with one attached hydrogen (secondary N) is 2. The van der Waals surface area contributed by atoms with Gasteiger partial charge in [0.25, 0.3) is 5.91 Å². The van der Waals surface area contributed by atoms with Gasteiger partial charge in [-0.25, -0.2) is 8.91 Å². The van der Waals surface area contributed by atoms with Crippen molar-refractivity contribution in [3.63, 3.8) is 0 Å². The molecular formula is C32H28FN5O4. The van der Waals surface area contributed by atoms with Gasteiger partial charge < -0.3 is 14.8 Å². The van der Waals surface area contributed by atoms with Gasteiger partial charge >= 0.3 is 0 Å². The zero-order valence-corrected chi connectivity index (χ0v) is 23.2. The molecule has 0 saturated carbocycles. The molecule has 0 saturated heterocycles. The van der Waals surface area contributed by atoms with E-state index in [0.29, 0.717) is 29.0 Å². The number of halogens is 1. The monoisotopic (exact) mass is 565 g/mol. The minimum atomic E-state index is -0.700. The Morgan fingerprint density at radius 3 is 2.52 bits per heavy atom. The highest BCUT2D eigenvalue weighted by atomic mass is 19.1. The Hall–Kier alpha value is -5.64. The molecule has 9 nitrogen and oxygen atoms in total. The van der Waals surface area contributed by atoms with Crippen LogP contribution in [0.2, 0.25) is 0 Å². The van der Waals surface area contributed by atoms with E-state index < -0.39 is 11.7 Å². The molecule has 212 valence electrons. The second kappa shape index (κ2) is 12.3. The van der Waals surface area contributed by atoms with Gasteiger partial charge in [0, 0.05) is 42.3 Å². The van der Waals surface area contributed by atoms with Crippen LogP contribution < -0.4 is 20.2 Å². The number of rotatable bonds is 10. The van der Waals surface area contributed by atoms with E-state index in [1.54, 1.807) is 49.1 Å². The number of hydrazine groups is 1. The van der Waals surface area contributed by atoms with Gasteiger partial charge in [-0.15, -0.1) is 0 Å². The fourth-order valence-electron chi connectivity index (χ4n) is 4.37. The zero-order chi connectivity index (χ0) is 29.6. The van der Waals surface area contributed by atoms with Gasteiger partial charge in [0.2, 0.25) is 0 Å². The molecule has 0 aliphatic rings. The van der Waals surface area contributed by atoms with Crippen molar-refractivity contribution >= 4 is 29.1 Å². The average molecular weight is 566 g/mol. The average Bonchev–Trinajstić information content (AvgIpc) is 3.44. The molecule has 0 bridgehead atoms. The number of aldehydes is 1.